The molecule has 7 nitrogen and oxygen atoms in total. The third kappa shape index (κ3) is 4.49. The molecule has 1 aliphatic heterocycles. The molecule has 3 heterocycles. The number of ether oxygens (including phenoxy) is 1. The fourth-order valence-corrected chi connectivity index (χ4v) is 5.18. The van der Waals surface area contributed by atoms with E-state index in [9.17, 15) is 4.79 Å². The summed E-state index contributed by atoms with van der Waals surface area (Å²) in [5.41, 5.74) is 4.32. The SMILES string of the molecule is CCOc1cc(C(=O)N(C)[C@@H](c2cncc3cn[nH]c23)C2CN(C)C2)ccc1-c1cccc(Cl)c1. The normalized spacial score (nSPS) is 15.1. The molecule has 4 aromatic rings. The largest absolute Gasteiger partial charge is 0.493 e. The second-order valence-electron chi connectivity index (χ2n) is 9.06. The monoisotopic (exact) mass is 489 g/mol. The minimum atomic E-state index is -0.140. The first-order valence-corrected chi connectivity index (χ1v) is 12.1. The van der Waals surface area contributed by atoms with Gasteiger partial charge in [0.25, 0.3) is 5.91 Å². The highest BCUT2D eigenvalue weighted by Gasteiger charge is 2.38. The van der Waals surface area contributed by atoms with Crippen LogP contribution in [0.3, 0.4) is 0 Å². The average Bonchev–Trinajstić information content (AvgIpc) is 3.32. The molecule has 180 valence electrons. The van der Waals surface area contributed by atoms with E-state index in [1.54, 1.807) is 12.4 Å². The highest BCUT2D eigenvalue weighted by molar-refractivity contribution is 6.30. The van der Waals surface area contributed by atoms with Crippen molar-refractivity contribution in [2.75, 3.05) is 33.8 Å². The third-order valence-electron chi connectivity index (χ3n) is 6.64. The predicted molar refractivity (Wildman–Crippen MR) is 138 cm³/mol. The van der Waals surface area contributed by atoms with Gasteiger partial charge in [0.05, 0.1) is 24.4 Å². The number of rotatable bonds is 7. The summed E-state index contributed by atoms with van der Waals surface area (Å²) in [6.07, 6.45) is 5.40. The quantitative estimate of drug-likeness (QED) is 0.393. The minimum absolute atomic E-state index is 0.0698. The number of hydrogen-bond acceptors (Lipinski definition) is 5. The van der Waals surface area contributed by atoms with Gasteiger partial charge in [0.2, 0.25) is 0 Å². The molecule has 0 saturated carbocycles. The first-order chi connectivity index (χ1) is 17.0. The first kappa shape index (κ1) is 23.3. The van der Waals surface area contributed by atoms with E-state index in [-0.39, 0.29) is 11.9 Å². The zero-order valence-corrected chi connectivity index (χ0v) is 20.8. The number of aromatic nitrogens is 3. The summed E-state index contributed by atoms with van der Waals surface area (Å²) in [6, 6.07) is 13.1. The summed E-state index contributed by atoms with van der Waals surface area (Å²) in [5.74, 6) is 0.882. The van der Waals surface area contributed by atoms with Gasteiger partial charge in [0, 0.05) is 65.5 Å². The van der Waals surface area contributed by atoms with E-state index in [4.69, 9.17) is 16.3 Å². The highest BCUT2D eigenvalue weighted by Crippen LogP contribution is 2.38. The number of pyridine rings is 1. The summed E-state index contributed by atoms with van der Waals surface area (Å²) < 4.78 is 5.94. The molecule has 1 saturated heterocycles. The second kappa shape index (κ2) is 9.68. The summed E-state index contributed by atoms with van der Waals surface area (Å²) in [7, 11) is 3.96. The number of hydrogen-bond donors (Lipinski definition) is 1. The van der Waals surface area contributed by atoms with Crippen molar-refractivity contribution in [3.8, 4) is 16.9 Å². The van der Waals surface area contributed by atoms with Crippen molar-refractivity contribution in [1.29, 1.82) is 0 Å². The molecule has 0 aliphatic carbocycles. The van der Waals surface area contributed by atoms with Gasteiger partial charge in [-0.1, -0.05) is 23.7 Å². The van der Waals surface area contributed by atoms with Gasteiger partial charge in [-0.3, -0.25) is 14.9 Å². The Morgan fingerprint density at radius 1 is 1.23 bits per heavy atom. The molecule has 1 fully saturated rings. The van der Waals surface area contributed by atoms with Crippen LogP contribution in [0, 0.1) is 5.92 Å². The third-order valence-corrected chi connectivity index (χ3v) is 6.88. The lowest BCUT2D eigenvalue weighted by Crippen LogP contribution is -2.51. The smallest absolute Gasteiger partial charge is 0.254 e. The zero-order chi connectivity index (χ0) is 24.5. The first-order valence-electron chi connectivity index (χ1n) is 11.7. The van der Waals surface area contributed by atoms with Crippen molar-refractivity contribution in [1.82, 2.24) is 25.0 Å². The van der Waals surface area contributed by atoms with Crippen LogP contribution in [-0.4, -0.2) is 64.7 Å². The summed E-state index contributed by atoms with van der Waals surface area (Å²) in [5, 5.41) is 8.89. The van der Waals surface area contributed by atoms with Crippen LogP contribution in [0.2, 0.25) is 5.02 Å². The fraction of sp³-hybridized carbons (Fsp3) is 0.296. The minimum Gasteiger partial charge on any atom is -0.493 e. The second-order valence-corrected chi connectivity index (χ2v) is 9.50. The van der Waals surface area contributed by atoms with Crippen LogP contribution < -0.4 is 4.74 Å². The van der Waals surface area contributed by atoms with Crippen molar-refractivity contribution in [2.45, 2.75) is 13.0 Å². The lowest BCUT2D eigenvalue weighted by molar-refractivity contribution is 0.0373. The molecule has 1 N–H and O–H groups in total. The van der Waals surface area contributed by atoms with Crippen LogP contribution >= 0.6 is 11.6 Å². The van der Waals surface area contributed by atoms with Gasteiger partial charge in [-0.25, -0.2) is 0 Å². The summed E-state index contributed by atoms with van der Waals surface area (Å²) in [6.45, 7) is 4.24. The number of amides is 1. The molecule has 2 aromatic heterocycles. The number of halogens is 1. The molecule has 1 aliphatic rings. The Morgan fingerprint density at radius 3 is 2.80 bits per heavy atom. The molecule has 0 radical (unpaired) electrons. The number of nitrogens with one attached hydrogen (secondary N) is 1. The Labute approximate surface area is 209 Å². The molecule has 8 heteroatoms. The molecule has 0 spiro atoms. The molecule has 35 heavy (non-hydrogen) atoms. The van der Waals surface area contributed by atoms with E-state index < -0.39 is 0 Å². The molecule has 0 bridgehead atoms. The van der Waals surface area contributed by atoms with Crippen LogP contribution in [0.15, 0.2) is 61.1 Å². The van der Waals surface area contributed by atoms with Crippen molar-refractivity contribution in [3.63, 3.8) is 0 Å². The zero-order valence-electron chi connectivity index (χ0n) is 20.0. The van der Waals surface area contributed by atoms with E-state index in [0.29, 0.717) is 28.9 Å². The van der Waals surface area contributed by atoms with Crippen LogP contribution in [-0.2, 0) is 0 Å². The van der Waals surface area contributed by atoms with E-state index >= 15 is 0 Å². The van der Waals surface area contributed by atoms with Crippen LogP contribution in [0.25, 0.3) is 22.0 Å². The van der Waals surface area contributed by atoms with E-state index in [0.717, 1.165) is 40.7 Å². The highest BCUT2D eigenvalue weighted by atomic mass is 35.5. The van der Waals surface area contributed by atoms with Crippen molar-refractivity contribution < 1.29 is 9.53 Å². The van der Waals surface area contributed by atoms with Gasteiger partial charge in [-0.2, -0.15) is 5.10 Å². The Kier molecular flexibility index (Phi) is 6.45. The van der Waals surface area contributed by atoms with Crippen LogP contribution in [0.5, 0.6) is 5.75 Å². The van der Waals surface area contributed by atoms with Gasteiger partial charge in [-0.15, -0.1) is 0 Å². The maximum absolute atomic E-state index is 13.8. The molecule has 0 unspecified atom stereocenters. The summed E-state index contributed by atoms with van der Waals surface area (Å²) in [4.78, 5) is 22.3. The van der Waals surface area contributed by atoms with Gasteiger partial charge < -0.3 is 14.5 Å². The van der Waals surface area contributed by atoms with E-state index in [1.807, 2.05) is 67.5 Å². The number of aromatic amines is 1. The summed E-state index contributed by atoms with van der Waals surface area (Å²) >= 11 is 6.22. The molecule has 1 atom stereocenters. The predicted octanol–water partition coefficient (Wildman–Crippen LogP) is 5.05. The average molecular weight is 490 g/mol. The molecule has 2 aromatic carbocycles. The van der Waals surface area contributed by atoms with Crippen LogP contribution in [0.4, 0.5) is 0 Å². The molecule has 1 amide bonds. The number of carbonyl (C=O) groups is 1. The standard InChI is InChI=1S/C27H28ClN5O2/c1-4-35-24-11-18(8-9-22(24)17-6-5-7-21(28)10-17)27(34)33(3)26(20-15-32(2)16-20)23-14-29-12-19-13-30-31-25(19)23/h5-14,20,26H,4,15-16H2,1-3H3,(H,30,31)/t26-/m1/s1. The van der Waals surface area contributed by atoms with Gasteiger partial charge in [0.1, 0.15) is 5.75 Å². The fourth-order valence-electron chi connectivity index (χ4n) is 4.99. The van der Waals surface area contributed by atoms with Crippen molar-refractivity contribution in [3.05, 3.63) is 77.2 Å². The Balaban J connectivity index is 1.51. The van der Waals surface area contributed by atoms with E-state index in [2.05, 4.69) is 27.1 Å². The maximum Gasteiger partial charge on any atom is 0.254 e. The number of fused-ring (bicyclic) bond motifs is 1. The Bertz CT molecular complexity index is 1360. The maximum atomic E-state index is 13.8. The Hall–Kier alpha value is -3.42. The number of H-pyrrole nitrogens is 1. The van der Waals surface area contributed by atoms with Gasteiger partial charge in [-0.05, 0) is 49.9 Å². The van der Waals surface area contributed by atoms with Crippen LogP contribution in [0.1, 0.15) is 28.9 Å². The van der Waals surface area contributed by atoms with Crippen molar-refractivity contribution >= 4 is 28.4 Å². The number of carbonyl (C=O) groups excluding carboxylic acids is 1. The lowest BCUT2D eigenvalue weighted by atomic mass is 9.86. The number of benzene rings is 2. The Morgan fingerprint density at radius 2 is 2.06 bits per heavy atom. The molecule has 5 rings (SSSR count). The van der Waals surface area contributed by atoms with E-state index in [1.165, 1.54) is 0 Å². The van der Waals surface area contributed by atoms with Gasteiger partial charge in [0.15, 0.2) is 0 Å². The lowest BCUT2D eigenvalue weighted by Gasteiger charge is -2.44. The van der Waals surface area contributed by atoms with Gasteiger partial charge >= 0.3 is 0 Å². The number of likely N-dealkylation sites (tertiary alicyclic amines) is 1. The topological polar surface area (TPSA) is 74.3 Å². The van der Waals surface area contributed by atoms with Crippen molar-refractivity contribution in [2.24, 2.45) is 5.92 Å². The molecular weight excluding hydrogens is 462 g/mol. The number of nitrogens with zero attached hydrogens (tertiary/aromatic N) is 4. The molecular formula is C27H28ClN5O2.